The van der Waals surface area contributed by atoms with Crippen LogP contribution in [-0.4, -0.2) is 51.8 Å². The van der Waals surface area contributed by atoms with Gasteiger partial charge in [0.2, 0.25) is 0 Å². The van der Waals surface area contributed by atoms with Gasteiger partial charge in [0.25, 0.3) is 11.0 Å². The predicted octanol–water partition coefficient (Wildman–Crippen LogP) is -0.792. The van der Waals surface area contributed by atoms with Gasteiger partial charge in [0.05, 0.1) is 29.8 Å². The first-order chi connectivity index (χ1) is 8.56. The molecule has 0 aliphatic rings. The molecule has 0 saturated heterocycles. The fraction of sp³-hybridized carbons (Fsp3) is 1.00. The molecule has 0 amide bonds. The summed E-state index contributed by atoms with van der Waals surface area (Å²) in [6, 6.07) is 0. The minimum absolute atomic E-state index is 1.14. The second kappa shape index (κ2) is 7.62. The van der Waals surface area contributed by atoms with Crippen molar-refractivity contribution in [2.24, 2.45) is 5.41 Å². The molecular formula is C9H20O8S2. The predicted molar refractivity (Wildman–Crippen MR) is 68.0 cm³/mol. The summed E-state index contributed by atoms with van der Waals surface area (Å²) in [7, 11) is -3.21. The highest BCUT2D eigenvalue weighted by Gasteiger charge is 2.52. The Morgan fingerprint density at radius 3 is 1.74 bits per heavy atom. The fourth-order valence-electron chi connectivity index (χ4n) is 2.47. The number of rotatable bonds is 8. The zero-order valence-corrected chi connectivity index (χ0v) is 12.8. The minimum atomic E-state index is -3.21. The van der Waals surface area contributed by atoms with Crippen molar-refractivity contribution in [3.05, 3.63) is 0 Å². The lowest BCUT2D eigenvalue weighted by atomic mass is 9.70. The summed E-state index contributed by atoms with van der Waals surface area (Å²) in [5.74, 6) is 0. The summed E-state index contributed by atoms with van der Waals surface area (Å²) in [4.78, 5) is 0. The van der Waals surface area contributed by atoms with Crippen LogP contribution in [0.4, 0.5) is 0 Å². The van der Waals surface area contributed by atoms with Crippen LogP contribution in [0, 0.1) is 5.41 Å². The van der Waals surface area contributed by atoms with Gasteiger partial charge in [-0.05, 0) is 27.7 Å². The Kier molecular flexibility index (Phi) is 7.58. The van der Waals surface area contributed by atoms with Crippen LogP contribution in [0.25, 0.3) is 0 Å². The highest BCUT2D eigenvalue weighted by Crippen LogP contribution is 2.39. The van der Waals surface area contributed by atoms with Gasteiger partial charge < -0.3 is 10.2 Å². The Morgan fingerprint density at radius 2 is 1.47 bits per heavy atom. The summed E-state index contributed by atoms with van der Waals surface area (Å²) in [5.41, 5.74) is -1.59. The fourth-order valence-corrected chi connectivity index (χ4v) is 3.32. The Bertz CT molecular complexity index is 362. The molecule has 0 radical (unpaired) electrons. The van der Waals surface area contributed by atoms with Gasteiger partial charge in [0.15, 0.2) is 0 Å². The zero-order valence-electron chi connectivity index (χ0n) is 11.0. The van der Waals surface area contributed by atoms with E-state index in [9.17, 15) is 22.8 Å². The van der Waals surface area contributed by atoms with Gasteiger partial charge in [0.1, 0.15) is 0 Å². The second-order valence-corrected chi connectivity index (χ2v) is 5.56. The lowest BCUT2D eigenvalue weighted by Crippen LogP contribution is -2.58. The van der Waals surface area contributed by atoms with Crippen molar-refractivity contribution in [3.63, 3.8) is 0 Å². The molecule has 0 aromatic rings. The summed E-state index contributed by atoms with van der Waals surface area (Å²) >= 11 is -2.63. The monoisotopic (exact) mass is 320 g/mol. The maximum atomic E-state index is 10.7. The van der Waals surface area contributed by atoms with Crippen LogP contribution in [0.15, 0.2) is 0 Å². The van der Waals surface area contributed by atoms with Gasteiger partial charge in [-0.15, -0.1) is 0 Å². The van der Waals surface area contributed by atoms with Gasteiger partial charge >= 0.3 is 11.4 Å². The summed E-state index contributed by atoms with van der Waals surface area (Å²) < 4.78 is 50.0. The highest BCUT2D eigenvalue weighted by atomic mass is 32.2. The van der Waals surface area contributed by atoms with Crippen LogP contribution >= 0.6 is 0 Å². The molecule has 0 aliphatic carbocycles. The van der Waals surface area contributed by atoms with Crippen LogP contribution in [0.1, 0.15) is 27.7 Å². The van der Waals surface area contributed by atoms with Crippen molar-refractivity contribution >= 4 is 22.3 Å². The zero-order chi connectivity index (χ0) is 15.4. The van der Waals surface area contributed by atoms with Crippen LogP contribution in [0.5, 0.6) is 0 Å². The third-order valence-corrected chi connectivity index (χ3v) is 4.27. The first-order valence-corrected chi connectivity index (χ1v) is 7.64. The van der Waals surface area contributed by atoms with Crippen molar-refractivity contribution in [3.8, 4) is 0 Å². The van der Waals surface area contributed by atoms with Gasteiger partial charge in [-0.3, -0.25) is 12.9 Å². The Balaban J connectivity index is 5.60. The van der Waals surface area contributed by atoms with Crippen LogP contribution in [0.3, 0.4) is 0 Å². The molecule has 8 nitrogen and oxygen atoms in total. The lowest BCUT2D eigenvalue weighted by molar-refractivity contribution is -0.157. The molecule has 0 rings (SSSR count). The van der Waals surface area contributed by atoms with E-state index in [1.807, 2.05) is 0 Å². The molecule has 0 spiro atoms. The van der Waals surface area contributed by atoms with E-state index in [1.165, 1.54) is 27.7 Å². The molecule has 5 unspecified atom stereocenters. The van der Waals surface area contributed by atoms with Crippen molar-refractivity contribution in [1.29, 1.82) is 0 Å². The third-order valence-electron chi connectivity index (χ3n) is 3.33. The molecular weight excluding hydrogens is 300 g/mol. The van der Waals surface area contributed by atoms with E-state index < -0.39 is 52.2 Å². The summed E-state index contributed by atoms with van der Waals surface area (Å²) in [6.07, 6.45) is -4.80. The molecule has 116 valence electrons. The number of aliphatic hydroxyl groups is 2. The number of hydrogen-bond donors (Lipinski definition) is 4. The number of hydrogen-bond acceptors (Lipinski definition) is 7. The molecule has 5 atom stereocenters. The molecule has 0 heterocycles. The summed E-state index contributed by atoms with van der Waals surface area (Å²) in [5, 5.41) is 19.8. The maximum absolute atomic E-state index is 10.7. The smallest absolute Gasteiger partial charge is 0.302 e. The summed E-state index contributed by atoms with van der Waals surface area (Å²) in [6.45, 7) is 5.28. The SMILES string of the molecule is CC(O)C(C(C)O)(C(C)OS(=O)O)C(C)O[SH](=O)=O. The molecule has 10 heteroatoms. The minimum Gasteiger partial charge on any atom is -0.393 e. The normalized spacial score (nSPS) is 23.4. The van der Waals surface area contributed by atoms with Crippen LogP contribution in [0.2, 0.25) is 0 Å². The van der Waals surface area contributed by atoms with Crippen molar-refractivity contribution < 1.29 is 35.8 Å². The number of thiol groups is 1. The van der Waals surface area contributed by atoms with E-state index in [4.69, 9.17) is 4.55 Å². The Labute approximate surface area is 116 Å². The number of aliphatic hydroxyl groups excluding tert-OH is 2. The van der Waals surface area contributed by atoms with Crippen molar-refractivity contribution in [2.75, 3.05) is 0 Å². The van der Waals surface area contributed by atoms with Crippen LogP contribution in [-0.2, 0) is 30.7 Å². The Hall–Kier alpha value is -0.100. The standard InChI is InChI=1S/C9H20O8S2/c1-5(10)9(6(2)11,7(3)16-18(12)13)8(4)17-19(14)15/h5-8,10-11,18H,1-4H3,(H,14,15). The van der Waals surface area contributed by atoms with E-state index in [1.54, 1.807) is 0 Å². The van der Waals surface area contributed by atoms with Gasteiger partial charge in [-0.1, -0.05) is 0 Å². The second-order valence-electron chi connectivity index (χ2n) is 4.28. The first-order valence-electron chi connectivity index (χ1n) is 5.52. The molecule has 0 aromatic heterocycles. The van der Waals surface area contributed by atoms with Gasteiger partial charge in [-0.2, -0.15) is 4.21 Å². The largest absolute Gasteiger partial charge is 0.393 e. The maximum Gasteiger partial charge on any atom is 0.302 e. The molecule has 0 bridgehead atoms. The topological polar surface area (TPSA) is 130 Å². The van der Waals surface area contributed by atoms with E-state index in [2.05, 4.69) is 8.37 Å². The van der Waals surface area contributed by atoms with E-state index in [-0.39, 0.29) is 0 Å². The average molecular weight is 320 g/mol. The molecule has 0 fully saturated rings. The lowest BCUT2D eigenvalue weighted by Gasteiger charge is -2.45. The van der Waals surface area contributed by atoms with Crippen molar-refractivity contribution in [1.82, 2.24) is 0 Å². The molecule has 0 saturated carbocycles. The van der Waals surface area contributed by atoms with E-state index in [0.717, 1.165) is 0 Å². The van der Waals surface area contributed by atoms with Gasteiger partial charge in [0, 0.05) is 0 Å². The molecule has 3 N–H and O–H groups in total. The van der Waals surface area contributed by atoms with Crippen molar-refractivity contribution in [2.45, 2.75) is 52.1 Å². The molecule has 19 heavy (non-hydrogen) atoms. The van der Waals surface area contributed by atoms with Crippen LogP contribution < -0.4 is 0 Å². The van der Waals surface area contributed by atoms with E-state index >= 15 is 0 Å². The Morgan fingerprint density at radius 1 is 1.05 bits per heavy atom. The quantitative estimate of drug-likeness (QED) is 0.338. The highest BCUT2D eigenvalue weighted by molar-refractivity contribution is 7.74. The average Bonchev–Trinajstić information content (AvgIpc) is 2.13. The van der Waals surface area contributed by atoms with Gasteiger partial charge in [-0.25, -0.2) is 8.42 Å². The molecule has 0 aliphatic heterocycles. The third kappa shape index (κ3) is 4.45. The molecule has 0 aromatic carbocycles. The first kappa shape index (κ1) is 18.9. The van der Waals surface area contributed by atoms with E-state index in [0.29, 0.717) is 0 Å².